The van der Waals surface area contributed by atoms with Gasteiger partial charge in [-0.1, -0.05) is 0 Å². The van der Waals surface area contributed by atoms with E-state index in [0.717, 1.165) is 62.1 Å². The molecule has 12 heteroatoms. The molecule has 0 spiro atoms. The summed E-state index contributed by atoms with van der Waals surface area (Å²) in [6, 6.07) is 33.0. The zero-order valence-electron chi connectivity index (χ0n) is 22.8. The summed E-state index contributed by atoms with van der Waals surface area (Å²) in [6.45, 7) is 0. The third-order valence-electron chi connectivity index (χ3n) is 6.36. The van der Waals surface area contributed by atoms with Crippen molar-refractivity contribution < 1.29 is 0 Å². The Labute approximate surface area is 283 Å². The Balaban J connectivity index is 1.17. The van der Waals surface area contributed by atoms with Crippen LogP contribution in [-0.4, -0.2) is 50.3 Å². The summed E-state index contributed by atoms with van der Waals surface area (Å²) in [5, 5.41) is 44.1. The van der Waals surface area contributed by atoms with Crippen molar-refractivity contribution in [3.8, 4) is 9.94 Å². The molecule has 6 aromatic rings. The fraction of sp³-hybridized carbons (Fsp3) is 0.0625. The normalized spacial score (nSPS) is 11.0. The topological polar surface area (TPSA) is 99.1 Å². The molecule has 6 rings (SSSR count). The molecule has 0 atom stereocenters. The summed E-state index contributed by atoms with van der Waals surface area (Å²) in [5.74, 6) is 1.55. The van der Waals surface area contributed by atoms with Crippen molar-refractivity contribution in [3.63, 3.8) is 0 Å². The monoisotopic (exact) mass is 776 g/mol. The first kappa shape index (κ1) is 31.0. The molecule has 0 saturated heterocycles. The van der Waals surface area contributed by atoms with Crippen molar-refractivity contribution >= 4 is 105 Å². The van der Waals surface area contributed by atoms with E-state index >= 15 is 0 Å². The Morgan fingerprint density at radius 1 is 0.477 bits per heavy atom. The first-order valence-corrected chi connectivity index (χ1v) is 20.7. The molecule has 0 amide bonds. The molecule has 4 aromatic carbocycles. The molecular weight excluding hydrogens is 755 g/mol. The number of nitriles is 2. The number of thioether (sulfide) groups is 2. The molecule has 0 bridgehead atoms. The van der Waals surface area contributed by atoms with Gasteiger partial charge in [-0.2, -0.15) is 0 Å². The molecule has 0 radical (unpaired) electrons. The van der Waals surface area contributed by atoms with Gasteiger partial charge in [0.1, 0.15) is 0 Å². The van der Waals surface area contributed by atoms with Gasteiger partial charge in [-0.05, 0) is 0 Å². The second kappa shape index (κ2) is 15.3. The van der Waals surface area contributed by atoms with Crippen LogP contribution in [0.5, 0.6) is 0 Å². The Morgan fingerprint density at radius 3 is 1.18 bits per heavy atom. The zero-order valence-corrected chi connectivity index (χ0v) is 29.5. The fourth-order valence-electron chi connectivity index (χ4n) is 4.24. The second-order valence-corrected chi connectivity index (χ2v) is 16.8. The van der Waals surface area contributed by atoms with E-state index in [9.17, 15) is 0 Å². The first-order chi connectivity index (χ1) is 21.7. The molecule has 0 N–H and O–H groups in total. The van der Waals surface area contributed by atoms with Crippen molar-refractivity contribution in [3.05, 3.63) is 108 Å². The fourth-order valence-corrected chi connectivity index (χ4v) is 9.74. The SMILES string of the molecule is N#C[Se]c1ccc(CSc2nnc(SSc3nnc(SCc4ccc([Se]C#N)cc4)c4ccccc34)c3ccccc23)cc1. The number of fused-ring (bicyclic) bond motifs is 2. The van der Waals surface area contributed by atoms with Gasteiger partial charge in [-0.15, -0.1) is 0 Å². The van der Waals surface area contributed by atoms with E-state index in [0.29, 0.717) is 0 Å². The predicted octanol–water partition coefficient (Wildman–Crippen LogP) is 6.58. The Bertz CT molecular complexity index is 1870. The van der Waals surface area contributed by atoms with Crippen molar-refractivity contribution in [1.29, 1.82) is 10.5 Å². The van der Waals surface area contributed by atoms with Crippen LogP contribution in [0.15, 0.2) is 117 Å². The van der Waals surface area contributed by atoms with Crippen molar-refractivity contribution in [1.82, 2.24) is 20.4 Å². The number of benzene rings is 4. The van der Waals surface area contributed by atoms with Gasteiger partial charge < -0.3 is 0 Å². The molecule has 214 valence electrons. The van der Waals surface area contributed by atoms with Crippen molar-refractivity contribution in [2.24, 2.45) is 0 Å². The Morgan fingerprint density at radius 2 is 0.818 bits per heavy atom. The summed E-state index contributed by atoms with van der Waals surface area (Å²) in [5.41, 5.74) is 2.38. The molecule has 0 aliphatic carbocycles. The molecule has 0 fully saturated rings. The van der Waals surface area contributed by atoms with Gasteiger partial charge >= 0.3 is 286 Å². The minimum absolute atomic E-state index is 0.133. The second-order valence-electron chi connectivity index (χ2n) is 9.13. The molecule has 0 aliphatic rings. The minimum atomic E-state index is -0.133. The number of hydrogen-bond donors (Lipinski definition) is 0. The first-order valence-electron chi connectivity index (χ1n) is 13.1. The van der Waals surface area contributed by atoms with E-state index in [1.54, 1.807) is 45.1 Å². The maximum absolute atomic E-state index is 8.94. The van der Waals surface area contributed by atoms with E-state index < -0.39 is 0 Å². The molecule has 2 heterocycles. The third kappa shape index (κ3) is 7.61. The van der Waals surface area contributed by atoms with Gasteiger partial charge in [-0.3, -0.25) is 0 Å². The molecule has 0 saturated carbocycles. The van der Waals surface area contributed by atoms with Crippen LogP contribution in [0.2, 0.25) is 0 Å². The summed E-state index contributed by atoms with van der Waals surface area (Å²) in [4.78, 5) is 4.51. The quantitative estimate of drug-likeness (QED) is 0.0817. The van der Waals surface area contributed by atoms with Gasteiger partial charge in [0.15, 0.2) is 0 Å². The van der Waals surface area contributed by atoms with Crippen molar-refractivity contribution in [2.45, 2.75) is 31.6 Å². The van der Waals surface area contributed by atoms with Crippen LogP contribution >= 0.6 is 45.1 Å². The van der Waals surface area contributed by atoms with Gasteiger partial charge in [0.25, 0.3) is 0 Å². The van der Waals surface area contributed by atoms with Gasteiger partial charge in [0.05, 0.1) is 0 Å². The van der Waals surface area contributed by atoms with Crippen LogP contribution in [0.3, 0.4) is 0 Å². The van der Waals surface area contributed by atoms with Crippen molar-refractivity contribution in [2.75, 3.05) is 0 Å². The average molecular weight is 775 g/mol. The number of hydrogen-bond acceptors (Lipinski definition) is 10. The van der Waals surface area contributed by atoms with E-state index in [2.05, 4.69) is 78.9 Å². The Kier molecular flexibility index (Phi) is 10.8. The van der Waals surface area contributed by atoms with E-state index in [1.165, 1.54) is 11.1 Å². The summed E-state index contributed by atoms with van der Waals surface area (Å²) in [6.07, 6.45) is 0. The molecule has 0 aliphatic heterocycles. The molecule has 44 heavy (non-hydrogen) atoms. The summed E-state index contributed by atoms with van der Waals surface area (Å²) >= 11 is 3.07. The van der Waals surface area contributed by atoms with Crippen LogP contribution in [0.25, 0.3) is 21.5 Å². The average Bonchev–Trinajstić information content (AvgIpc) is 3.07. The Hall–Kier alpha value is -3.02. The number of aromatic nitrogens is 4. The number of rotatable bonds is 11. The van der Waals surface area contributed by atoms with Crippen LogP contribution < -0.4 is 8.92 Å². The molecular formula is C32H20N6S4Se2. The number of nitrogens with zero attached hydrogens (tertiary/aromatic N) is 6. The summed E-state index contributed by atoms with van der Waals surface area (Å²) < 4.78 is 2.17. The standard InChI is InChI=1S/C32H20N6S4Se2/c33-19-43-23-13-9-21(10-14-23)17-39-29-25-5-1-3-7-27(25)31(37-35-29)41-42-32-28-8-4-2-6-26(28)30(36-38-32)40-18-22-11-15-24(16-12-22)44-20-34/h1-16H,17-18H2. The van der Waals surface area contributed by atoms with Gasteiger partial charge in [0, 0.05) is 0 Å². The van der Waals surface area contributed by atoms with E-state index in [1.807, 2.05) is 48.5 Å². The van der Waals surface area contributed by atoms with Gasteiger partial charge in [-0.25, -0.2) is 0 Å². The van der Waals surface area contributed by atoms with E-state index in [-0.39, 0.29) is 29.9 Å². The maximum atomic E-state index is 8.94. The van der Waals surface area contributed by atoms with Crippen LogP contribution in [0.4, 0.5) is 0 Å². The molecule has 2 aromatic heterocycles. The van der Waals surface area contributed by atoms with Crippen LogP contribution in [-0.2, 0) is 11.5 Å². The van der Waals surface area contributed by atoms with Crippen LogP contribution in [0.1, 0.15) is 11.1 Å². The zero-order chi connectivity index (χ0) is 30.1. The van der Waals surface area contributed by atoms with Gasteiger partial charge in [0.2, 0.25) is 0 Å². The van der Waals surface area contributed by atoms with E-state index in [4.69, 9.17) is 10.5 Å². The predicted molar refractivity (Wildman–Crippen MR) is 185 cm³/mol. The molecule has 6 nitrogen and oxygen atoms in total. The molecule has 0 unspecified atom stereocenters. The summed E-state index contributed by atoms with van der Waals surface area (Å²) in [7, 11) is 3.09. The third-order valence-corrected chi connectivity index (χ3v) is 13.2. The van der Waals surface area contributed by atoms with Crippen LogP contribution in [0, 0.1) is 20.5 Å².